The molecular weight excluding hydrogens is 448 g/mol. The number of ether oxygens (including phenoxy) is 1. The van der Waals surface area contributed by atoms with Gasteiger partial charge in [-0.3, -0.25) is 14.9 Å². The standard InChI is InChI=1S/C26H34N4O3S/c1-5-25(32)30-14-12-29(13-15-30)21-9-7-20(8-10-21)27-26(34)28-24(31)17-33-23-16-19(4)6-11-22(23)18(2)3/h6-11,16,18H,5,12-15,17H2,1-4H3,(H2,27,28,31,34). The summed E-state index contributed by atoms with van der Waals surface area (Å²) in [5.74, 6) is 0.913. The lowest BCUT2D eigenvalue weighted by Gasteiger charge is -2.36. The van der Waals surface area contributed by atoms with Crippen molar-refractivity contribution in [2.45, 2.75) is 40.0 Å². The molecule has 34 heavy (non-hydrogen) atoms. The van der Waals surface area contributed by atoms with E-state index in [1.165, 1.54) is 0 Å². The molecule has 2 amide bonds. The average molecular weight is 483 g/mol. The van der Waals surface area contributed by atoms with E-state index in [0.29, 0.717) is 12.3 Å². The molecule has 2 aromatic carbocycles. The van der Waals surface area contributed by atoms with Gasteiger partial charge in [-0.2, -0.15) is 0 Å². The zero-order chi connectivity index (χ0) is 24.7. The quantitative estimate of drug-likeness (QED) is 0.580. The van der Waals surface area contributed by atoms with E-state index in [1.54, 1.807) is 0 Å². The van der Waals surface area contributed by atoms with E-state index in [4.69, 9.17) is 17.0 Å². The molecule has 182 valence electrons. The molecule has 0 unspecified atom stereocenters. The number of anilines is 2. The van der Waals surface area contributed by atoms with Crippen LogP contribution in [0.4, 0.5) is 11.4 Å². The zero-order valence-corrected chi connectivity index (χ0v) is 21.2. The molecule has 0 bridgehead atoms. The van der Waals surface area contributed by atoms with Crippen molar-refractivity contribution >= 4 is 40.5 Å². The third kappa shape index (κ3) is 6.93. The number of rotatable bonds is 7. The maximum atomic E-state index is 12.3. The van der Waals surface area contributed by atoms with Crippen molar-refractivity contribution < 1.29 is 14.3 Å². The number of carbonyl (C=O) groups is 2. The van der Waals surface area contributed by atoms with Crippen molar-refractivity contribution in [3.05, 3.63) is 53.6 Å². The van der Waals surface area contributed by atoms with E-state index in [1.807, 2.05) is 61.2 Å². The molecule has 0 atom stereocenters. The Balaban J connectivity index is 1.47. The van der Waals surface area contributed by atoms with E-state index in [9.17, 15) is 9.59 Å². The van der Waals surface area contributed by atoms with Crippen LogP contribution in [-0.2, 0) is 9.59 Å². The first-order chi connectivity index (χ1) is 16.3. The minimum Gasteiger partial charge on any atom is -0.483 e. The molecule has 0 aliphatic carbocycles. The molecule has 0 aromatic heterocycles. The van der Waals surface area contributed by atoms with Crippen molar-refractivity contribution in [2.24, 2.45) is 0 Å². The summed E-state index contributed by atoms with van der Waals surface area (Å²) in [5.41, 5.74) is 4.03. The van der Waals surface area contributed by atoms with Crippen LogP contribution in [0.25, 0.3) is 0 Å². The maximum absolute atomic E-state index is 12.3. The minimum atomic E-state index is -0.315. The predicted molar refractivity (Wildman–Crippen MR) is 141 cm³/mol. The molecule has 3 rings (SSSR count). The lowest BCUT2D eigenvalue weighted by Crippen LogP contribution is -2.48. The normalized spacial score (nSPS) is 13.6. The van der Waals surface area contributed by atoms with Gasteiger partial charge in [0, 0.05) is 44.0 Å². The largest absolute Gasteiger partial charge is 0.483 e. The van der Waals surface area contributed by atoms with Crippen molar-refractivity contribution in [1.82, 2.24) is 10.2 Å². The summed E-state index contributed by atoms with van der Waals surface area (Å²) in [6.45, 7) is 11.1. The number of aryl methyl sites for hydroxylation is 1. The molecule has 7 nitrogen and oxygen atoms in total. The van der Waals surface area contributed by atoms with Gasteiger partial charge < -0.3 is 19.9 Å². The monoisotopic (exact) mass is 482 g/mol. The lowest BCUT2D eigenvalue weighted by molar-refractivity contribution is -0.131. The number of hydrogen-bond donors (Lipinski definition) is 2. The van der Waals surface area contributed by atoms with Gasteiger partial charge in [-0.05, 0) is 66.5 Å². The Morgan fingerprint density at radius 3 is 2.35 bits per heavy atom. The van der Waals surface area contributed by atoms with Crippen LogP contribution in [0.1, 0.15) is 44.2 Å². The van der Waals surface area contributed by atoms with Crippen LogP contribution in [-0.4, -0.2) is 54.6 Å². The molecule has 2 N–H and O–H groups in total. The highest BCUT2D eigenvalue weighted by atomic mass is 32.1. The van der Waals surface area contributed by atoms with E-state index < -0.39 is 0 Å². The summed E-state index contributed by atoms with van der Waals surface area (Å²) in [6, 6.07) is 13.9. The molecular formula is C26H34N4O3S. The Hall–Kier alpha value is -3.13. The molecule has 2 aromatic rings. The SMILES string of the molecule is CCC(=O)N1CCN(c2ccc(NC(=S)NC(=O)COc3cc(C)ccc3C(C)C)cc2)CC1. The number of hydrogen-bond acceptors (Lipinski definition) is 5. The number of nitrogens with zero attached hydrogens (tertiary/aromatic N) is 2. The third-order valence-corrected chi connectivity index (χ3v) is 6.03. The van der Waals surface area contributed by atoms with Crippen LogP contribution in [0.3, 0.4) is 0 Å². The van der Waals surface area contributed by atoms with Gasteiger partial charge in [0.05, 0.1) is 0 Å². The summed E-state index contributed by atoms with van der Waals surface area (Å²) >= 11 is 5.29. The van der Waals surface area contributed by atoms with E-state index in [2.05, 4.69) is 29.4 Å². The van der Waals surface area contributed by atoms with Crippen molar-refractivity contribution in [2.75, 3.05) is 43.0 Å². The Kier molecular flexibility index (Phi) is 8.87. The van der Waals surface area contributed by atoms with Gasteiger partial charge in [0.25, 0.3) is 5.91 Å². The van der Waals surface area contributed by atoms with Gasteiger partial charge in [0.2, 0.25) is 5.91 Å². The Bertz CT molecular complexity index is 1020. The van der Waals surface area contributed by atoms with Gasteiger partial charge in [0.1, 0.15) is 5.75 Å². The number of amides is 2. The van der Waals surface area contributed by atoms with Crippen LogP contribution in [0, 0.1) is 6.92 Å². The fourth-order valence-electron chi connectivity index (χ4n) is 3.91. The molecule has 0 saturated carbocycles. The molecule has 1 heterocycles. The number of piperazine rings is 1. The summed E-state index contributed by atoms with van der Waals surface area (Å²) < 4.78 is 5.78. The first-order valence-corrected chi connectivity index (χ1v) is 12.1. The van der Waals surface area contributed by atoms with Crippen LogP contribution in [0.15, 0.2) is 42.5 Å². The number of benzene rings is 2. The third-order valence-electron chi connectivity index (χ3n) is 5.83. The zero-order valence-electron chi connectivity index (χ0n) is 20.4. The second-order valence-corrected chi connectivity index (χ2v) is 9.16. The second-order valence-electron chi connectivity index (χ2n) is 8.76. The molecule has 1 fully saturated rings. The number of thiocarbonyl (C=S) groups is 1. The number of nitrogens with one attached hydrogen (secondary N) is 2. The highest BCUT2D eigenvalue weighted by Crippen LogP contribution is 2.27. The fraction of sp³-hybridized carbons (Fsp3) is 0.423. The predicted octanol–water partition coefficient (Wildman–Crippen LogP) is 4.07. The van der Waals surface area contributed by atoms with Crippen LogP contribution in [0.2, 0.25) is 0 Å². The molecule has 1 saturated heterocycles. The highest BCUT2D eigenvalue weighted by Gasteiger charge is 2.20. The summed E-state index contributed by atoms with van der Waals surface area (Å²) in [6.07, 6.45) is 0.549. The average Bonchev–Trinajstić information content (AvgIpc) is 2.82. The molecule has 1 aliphatic rings. The first kappa shape index (κ1) is 25.5. The van der Waals surface area contributed by atoms with Crippen LogP contribution >= 0.6 is 12.2 Å². The Morgan fingerprint density at radius 1 is 1.06 bits per heavy atom. The van der Waals surface area contributed by atoms with E-state index in [-0.39, 0.29) is 23.5 Å². The van der Waals surface area contributed by atoms with Crippen LogP contribution < -0.4 is 20.3 Å². The van der Waals surface area contributed by atoms with E-state index in [0.717, 1.165) is 54.4 Å². The fourth-order valence-corrected chi connectivity index (χ4v) is 4.14. The first-order valence-electron chi connectivity index (χ1n) is 11.7. The van der Waals surface area contributed by atoms with Crippen molar-refractivity contribution in [3.8, 4) is 5.75 Å². The molecule has 0 spiro atoms. The minimum absolute atomic E-state index is 0.115. The Morgan fingerprint density at radius 2 is 1.74 bits per heavy atom. The molecule has 1 aliphatic heterocycles. The summed E-state index contributed by atoms with van der Waals surface area (Å²) in [5, 5.41) is 5.93. The van der Waals surface area contributed by atoms with Crippen molar-refractivity contribution in [1.29, 1.82) is 0 Å². The second kappa shape index (κ2) is 11.8. The van der Waals surface area contributed by atoms with Gasteiger partial charge in [-0.1, -0.05) is 32.9 Å². The maximum Gasteiger partial charge on any atom is 0.264 e. The number of carbonyl (C=O) groups excluding carboxylic acids is 2. The lowest BCUT2D eigenvalue weighted by atomic mass is 10.0. The Labute approximate surface area is 207 Å². The van der Waals surface area contributed by atoms with Crippen molar-refractivity contribution in [3.63, 3.8) is 0 Å². The van der Waals surface area contributed by atoms with E-state index >= 15 is 0 Å². The van der Waals surface area contributed by atoms with Gasteiger partial charge in [-0.25, -0.2) is 0 Å². The highest BCUT2D eigenvalue weighted by molar-refractivity contribution is 7.80. The van der Waals surface area contributed by atoms with Crippen LogP contribution in [0.5, 0.6) is 5.75 Å². The van der Waals surface area contributed by atoms with Gasteiger partial charge >= 0.3 is 0 Å². The van der Waals surface area contributed by atoms with Gasteiger partial charge in [-0.15, -0.1) is 0 Å². The molecule has 0 radical (unpaired) electrons. The van der Waals surface area contributed by atoms with Gasteiger partial charge in [0.15, 0.2) is 11.7 Å². The summed E-state index contributed by atoms with van der Waals surface area (Å²) in [7, 11) is 0. The summed E-state index contributed by atoms with van der Waals surface area (Å²) in [4.78, 5) is 28.4. The topological polar surface area (TPSA) is 73.9 Å². The smallest absolute Gasteiger partial charge is 0.264 e. The molecule has 8 heteroatoms.